The summed E-state index contributed by atoms with van der Waals surface area (Å²) in [5.74, 6) is 0.278. The normalized spacial score (nSPS) is 17.9. The van der Waals surface area contributed by atoms with Crippen LogP contribution in [0.25, 0.3) is 0 Å². The third-order valence-electron chi connectivity index (χ3n) is 3.80. The molecule has 0 spiro atoms. The summed E-state index contributed by atoms with van der Waals surface area (Å²) in [5, 5.41) is 12.0. The van der Waals surface area contributed by atoms with Crippen molar-refractivity contribution in [2.45, 2.75) is 39.0 Å². The summed E-state index contributed by atoms with van der Waals surface area (Å²) in [5.41, 5.74) is 9.85. The van der Waals surface area contributed by atoms with Crippen molar-refractivity contribution in [2.24, 2.45) is 0 Å². The minimum absolute atomic E-state index is 0.0674. The molecule has 0 unspecified atom stereocenters. The van der Waals surface area contributed by atoms with Crippen molar-refractivity contribution in [2.75, 3.05) is 5.43 Å². The number of hydrogen-bond acceptors (Lipinski definition) is 3. The molecule has 4 heteroatoms. The molecule has 1 aliphatic heterocycles. The number of rotatable bonds is 2. The standard InChI is InChI=1S/C16H21N3O/c1-16(2,3)11-8-9-15(20)13(10-11)18-19-14-7-5-4-6-12(14)17-19/h6-10,17-18,20H,4-5H2,1-3H3/p+1. The number of allylic oxidation sites excluding steroid dienone is 2. The first-order chi connectivity index (χ1) is 9.45. The van der Waals surface area contributed by atoms with E-state index in [9.17, 15) is 5.11 Å². The lowest BCUT2D eigenvalue weighted by molar-refractivity contribution is -0.790. The Morgan fingerprint density at radius 3 is 2.65 bits per heavy atom. The number of hydrogen-bond donors (Lipinski definition) is 3. The Hall–Kier alpha value is -1.94. The van der Waals surface area contributed by atoms with Crippen LogP contribution >= 0.6 is 0 Å². The van der Waals surface area contributed by atoms with Crippen LogP contribution in [0.5, 0.6) is 5.75 Å². The van der Waals surface area contributed by atoms with Crippen LogP contribution < -0.4 is 10.9 Å². The minimum Gasteiger partial charge on any atom is -0.506 e. The predicted octanol–water partition coefficient (Wildman–Crippen LogP) is 2.37. The van der Waals surface area contributed by atoms with E-state index >= 15 is 0 Å². The first-order valence-electron chi connectivity index (χ1n) is 7.10. The van der Waals surface area contributed by atoms with Gasteiger partial charge in [0.15, 0.2) is 11.4 Å². The van der Waals surface area contributed by atoms with Crippen LogP contribution in [-0.2, 0) is 5.41 Å². The van der Waals surface area contributed by atoms with Crippen molar-refractivity contribution in [3.63, 3.8) is 0 Å². The van der Waals surface area contributed by atoms with Crippen molar-refractivity contribution < 1.29 is 10.5 Å². The van der Waals surface area contributed by atoms with Crippen molar-refractivity contribution in [3.8, 4) is 5.75 Å². The van der Waals surface area contributed by atoms with Crippen LogP contribution in [-0.4, -0.2) is 10.2 Å². The van der Waals surface area contributed by atoms with Gasteiger partial charge in [-0.05, 0) is 48.1 Å². The summed E-state index contributed by atoms with van der Waals surface area (Å²) in [7, 11) is 0. The van der Waals surface area contributed by atoms with Crippen LogP contribution in [0.4, 0.5) is 5.69 Å². The van der Waals surface area contributed by atoms with Gasteiger partial charge in [-0.25, -0.2) is 0 Å². The zero-order valence-electron chi connectivity index (χ0n) is 12.3. The number of phenolic OH excluding ortho intramolecular Hbond substituents is 1. The van der Waals surface area contributed by atoms with Crippen LogP contribution in [0, 0.1) is 0 Å². The number of benzene rings is 1. The molecular weight excluding hydrogens is 250 g/mol. The van der Waals surface area contributed by atoms with E-state index < -0.39 is 0 Å². The average molecular weight is 272 g/mol. The summed E-state index contributed by atoms with van der Waals surface area (Å²) < 4.78 is 0. The zero-order valence-corrected chi connectivity index (χ0v) is 12.3. The van der Waals surface area contributed by atoms with Crippen LogP contribution in [0.2, 0.25) is 0 Å². The first-order valence-corrected chi connectivity index (χ1v) is 7.10. The summed E-state index contributed by atoms with van der Waals surface area (Å²) in [6, 6.07) is 5.76. The molecule has 0 saturated carbocycles. The van der Waals surface area contributed by atoms with Crippen molar-refractivity contribution >= 4 is 5.69 Å². The molecule has 3 rings (SSSR count). The van der Waals surface area contributed by atoms with Gasteiger partial charge >= 0.3 is 0 Å². The van der Waals surface area contributed by atoms with E-state index in [1.807, 2.05) is 17.3 Å². The molecule has 1 aromatic rings. The second-order valence-electron chi connectivity index (χ2n) is 6.42. The fourth-order valence-corrected chi connectivity index (χ4v) is 2.49. The second-order valence-corrected chi connectivity index (χ2v) is 6.42. The number of fused-ring (bicyclic) bond motifs is 1. The highest BCUT2D eigenvalue weighted by Crippen LogP contribution is 2.32. The molecule has 106 valence electrons. The minimum atomic E-state index is 0.0674. The molecule has 0 radical (unpaired) electrons. The van der Waals surface area contributed by atoms with Crippen LogP contribution in [0.15, 0.2) is 41.7 Å². The molecule has 1 aromatic carbocycles. The molecule has 20 heavy (non-hydrogen) atoms. The summed E-state index contributed by atoms with van der Waals surface area (Å²) in [6.07, 6.45) is 6.68. The Balaban J connectivity index is 1.81. The Labute approximate surface area is 119 Å². The quantitative estimate of drug-likeness (QED) is 0.572. The van der Waals surface area contributed by atoms with Gasteiger partial charge in [-0.15, -0.1) is 5.12 Å². The molecule has 0 amide bonds. The molecule has 1 heterocycles. The molecule has 4 nitrogen and oxygen atoms in total. The lowest BCUT2D eigenvalue weighted by Gasteiger charge is -2.35. The monoisotopic (exact) mass is 272 g/mol. The molecule has 2 aliphatic rings. The van der Waals surface area contributed by atoms with Gasteiger partial charge in [0, 0.05) is 0 Å². The number of aromatic hydroxyl groups is 1. The molecular formula is C16H22N3O+. The van der Waals surface area contributed by atoms with Gasteiger partial charge < -0.3 is 5.11 Å². The van der Waals surface area contributed by atoms with E-state index in [-0.39, 0.29) is 11.2 Å². The fraction of sp³-hybridized carbons (Fsp3) is 0.375. The van der Waals surface area contributed by atoms with E-state index in [4.69, 9.17) is 0 Å². The van der Waals surface area contributed by atoms with Crippen molar-refractivity contribution in [3.05, 3.63) is 47.3 Å². The van der Waals surface area contributed by atoms with Crippen LogP contribution in [0.3, 0.4) is 0 Å². The highest BCUT2D eigenvalue weighted by atomic mass is 16.3. The van der Waals surface area contributed by atoms with Gasteiger partial charge in [-0.2, -0.15) is 5.43 Å². The third-order valence-corrected chi connectivity index (χ3v) is 3.80. The Morgan fingerprint density at radius 2 is 1.95 bits per heavy atom. The number of hydrazine groups is 1. The number of nitrogens with zero attached hydrogens (tertiary/aromatic N) is 1. The topological polar surface area (TPSA) is 52.1 Å². The average Bonchev–Trinajstić information content (AvgIpc) is 2.36. The summed E-state index contributed by atoms with van der Waals surface area (Å²) >= 11 is 0. The Kier molecular flexibility index (Phi) is 2.98. The lowest BCUT2D eigenvalue weighted by atomic mass is 9.87. The molecule has 0 atom stereocenters. The molecule has 0 bridgehead atoms. The smallest absolute Gasteiger partial charge is 0.182 e. The molecule has 4 N–H and O–H groups in total. The maximum Gasteiger partial charge on any atom is 0.182 e. The Bertz CT molecular complexity index is 596. The second kappa shape index (κ2) is 4.56. The third kappa shape index (κ3) is 2.27. The molecule has 1 fully saturated rings. The number of phenols is 1. The van der Waals surface area contributed by atoms with E-state index in [2.05, 4.69) is 43.8 Å². The van der Waals surface area contributed by atoms with Gasteiger partial charge in [-0.3, -0.25) is 5.43 Å². The highest BCUT2D eigenvalue weighted by Gasteiger charge is 2.34. The molecule has 1 aliphatic carbocycles. The molecule has 1 saturated heterocycles. The first kappa shape index (κ1) is 13.1. The maximum absolute atomic E-state index is 10.0. The van der Waals surface area contributed by atoms with Crippen molar-refractivity contribution in [1.82, 2.24) is 5.12 Å². The number of nitrogens with one attached hydrogen (secondary N) is 1. The SMILES string of the molecule is CC(C)(C)c1ccc(O)c(NN2[NH2+]C3=CCCC=C32)c1. The van der Waals surface area contributed by atoms with Gasteiger partial charge in [0.2, 0.25) is 0 Å². The maximum atomic E-state index is 10.0. The summed E-state index contributed by atoms with van der Waals surface area (Å²) in [6.45, 7) is 6.51. The largest absolute Gasteiger partial charge is 0.506 e. The Morgan fingerprint density at radius 1 is 1.20 bits per heavy atom. The van der Waals surface area contributed by atoms with Crippen LogP contribution in [0.1, 0.15) is 39.2 Å². The number of nitrogens with two attached hydrogens (primary N) is 1. The highest BCUT2D eigenvalue weighted by molar-refractivity contribution is 5.58. The van der Waals surface area contributed by atoms with E-state index in [0.29, 0.717) is 0 Å². The van der Waals surface area contributed by atoms with Crippen molar-refractivity contribution in [1.29, 1.82) is 0 Å². The zero-order chi connectivity index (χ0) is 14.3. The molecule has 0 aromatic heterocycles. The van der Waals surface area contributed by atoms with E-state index in [1.54, 1.807) is 6.07 Å². The van der Waals surface area contributed by atoms with Gasteiger partial charge in [0.25, 0.3) is 0 Å². The van der Waals surface area contributed by atoms with E-state index in [0.717, 1.165) is 18.5 Å². The van der Waals surface area contributed by atoms with Gasteiger partial charge in [-0.1, -0.05) is 26.8 Å². The fourth-order valence-electron chi connectivity index (χ4n) is 2.49. The number of anilines is 1. The lowest BCUT2D eigenvalue weighted by Crippen LogP contribution is -3.01. The predicted molar refractivity (Wildman–Crippen MR) is 79.6 cm³/mol. The van der Waals surface area contributed by atoms with E-state index in [1.165, 1.54) is 17.0 Å². The van der Waals surface area contributed by atoms with Gasteiger partial charge in [0.05, 0.1) is 0 Å². The summed E-state index contributed by atoms with van der Waals surface area (Å²) in [4.78, 5) is 0. The van der Waals surface area contributed by atoms with Gasteiger partial charge in [0.1, 0.15) is 11.4 Å². The number of quaternary nitrogens is 1.